The molecular weight excluding hydrogens is 364 g/mol. The van der Waals surface area contributed by atoms with Gasteiger partial charge in [0.2, 0.25) is 0 Å². The molecule has 4 rings (SSSR count). The maximum Gasteiger partial charge on any atom is 0.283 e. The Morgan fingerprint density at radius 2 is 1.89 bits per heavy atom. The van der Waals surface area contributed by atoms with Gasteiger partial charge in [-0.15, -0.1) is 0 Å². The summed E-state index contributed by atoms with van der Waals surface area (Å²) in [6.45, 7) is 6.49. The van der Waals surface area contributed by atoms with Crippen molar-refractivity contribution in [2.75, 3.05) is 6.54 Å². The lowest BCUT2D eigenvalue weighted by Gasteiger charge is -2.39. The monoisotopic (exact) mass is 388 g/mol. The van der Waals surface area contributed by atoms with E-state index in [0.29, 0.717) is 18.0 Å². The van der Waals surface area contributed by atoms with Crippen LogP contribution in [0, 0.1) is 11.3 Å². The SMILES string of the molecule is CC(C)(C)[C@H]1C(O)=C(C2=NS(=O)(=O)c3ccccc32)C(=O)N1CC1CCC1. The largest absolute Gasteiger partial charge is 0.509 e. The molecule has 7 heteroatoms. The first kappa shape index (κ1) is 18.2. The summed E-state index contributed by atoms with van der Waals surface area (Å²) in [7, 11) is -3.85. The smallest absolute Gasteiger partial charge is 0.283 e. The van der Waals surface area contributed by atoms with Crippen LogP contribution < -0.4 is 0 Å². The van der Waals surface area contributed by atoms with Crippen LogP contribution in [0.15, 0.2) is 44.9 Å². The van der Waals surface area contributed by atoms with E-state index in [1.54, 1.807) is 23.1 Å². The molecule has 3 aliphatic rings. The standard InChI is InChI=1S/C20H24N2O4S/c1-20(2,3)18-17(23)15(19(24)22(18)11-12-7-6-8-12)16-13-9-4-5-10-14(13)27(25,26)21-16/h4-5,9-10,12,18,23H,6-8,11H2,1-3H3/t18-/m1/s1. The van der Waals surface area contributed by atoms with Gasteiger partial charge in [-0.2, -0.15) is 12.8 Å². The number of carbonyl (C=O) groups excluding carboxylic acids is 1. The first-order valence-electron chi connectivity index (χ1n) is 9.30. The van der Waals surface area contributed by atoms with Gasteiger partial charge in [-0.25, -0.2) is 0 Å². The second kappa shape index (κ2) is 5.92. The van der Waals surface area contributed by atoms with Gasteiger partial charge >= 0.3 is 0 Å². The molecule has 6 nitrogen and oxygen atoms in total. The topological polar surface area (TPSA) is 87.0 Å². The first-order valence-corrected chi connectivity index (χ1v) is 10.7. The normalized spacial score (nSPS) is 24.9. The Morgan fingerprint density at radius 1 is 1.22 bits per heavy atom. The number of hydrogen-bond acceptors (Lipinski definition) is 4. The Morgan fingerprint density at radius 3 is 2.48 bits per heavy atom. The second-order valence-corrected chi connectivity index (χ2v) is 10.3. The molecule has 2 heterocycles. The zero-order chi connectivity index (χ0) is 19.6. The average molecular weight is 388 g/mol. The molecule has 1 saturated carbocycles. The van der Waals surface area contributed by atoms with Gasteiger partial charge < -0.3 is 10.0 Å². The zero-order valence-corrected chi connectivity index (χ0v) is 16.6. The molecule has 1 aromatic rings. The number of benzene rings is 1. The molecule has 144 valence electrons. The molecule has 1 fully saturated rings. The number of rotatable bonds is 3. The number of aliphatic hydroxyl groups excluding tert-OH is 1. The average Bonchev–Trinajstić information content (AvgIpc) is 2.94. The minimum atomic E-state index is -3.85. The van der Waals surface area contributed by atoms with Gasteiger partial charge in [-0.05, 0) is 30.2 Å². The third kappa shape index (κ3) is 2.79. The predicted octanol–water partition coefficient (Wildman–Crippen LogP) is 3.05. The highest BCUT2D eigenvalue weighted by Gasteiger charge is 2.49. The van der Waals surface area contributed by atoms with Gasteiger partial charge in [0.15, 0.2) is 0 Å². The summed E-state index contributed by atoms with van der Waals surface area (Å²) in [6, 6.07) is 5.96. The van der Waals surface area contributed by atoms with Crippen molar-refractivity contribution >= 4 is 21.6 Å². The minimum Gasteiger partial charge on any atom is -0.509 e. The van der Waals surface area contributed by atoms with Crippen molar-refractivity contribution in [3.05, 3.63) is 41.2 Å². The van der Waals surface area contributed by atoms with Crippen LogP contribution in [0.5, 0.6) is 0 Å². The fourth-order valence-electron chi connectivity index (χ4n) is 4.18. The number of amides is 1. The highest BCUT2D eigenvalue weighted by atomic mass is 32.2. The molecule has 1 atom stereocenters. The van der Waals surface area contributed by atoms with Gasteiger partial charge in [0, 0.05) is 12.1 Å². The molecule has 0 bridgehead atoms. The van der Waals surface area contributed by atoms with Gasteiger partial charge in [-0.3, -0.25) is 4.79 Å². The molecule has 0 aromatic heterocycles. The van der Waals surface area contributed by atoms with Crippen molar-refractivity contribution in [1.29, 1.82) is 0 Å². The fourth-order valence-corrected chi connectivity index (χ4v) is 5.40. The number of hydrogen-bond donors (Lipinski definition) is 1. The van der Waals surface area contributed by atoms with E-state index in [-0.39, 0.29) is 33.3 Å². The summed E-state index contributed by atoms with van der Waals surface area (Å²) in [5.41, 5.74) is 0.0924. The van der Waals surface area contributed by atoms with Crippen molar-refractivity contribution in [3.8, 4) is 0 Å². The number of nitrogens with zero attached hydrogens (tertiary/aromatic N) is 2. The summed E-state index contributed by atoms with van der Waals surface area (Å²) >= 11 is 0. The Hall–Kier alpha value is -2.15. The van der Waals surface area contributed by atoms with E-state index in [4.69, 9.17) is 0 Å². The highest BCUT2D eigenvalue weighted by Crippen LogP contribution is 2.41. The molecule has 0 radical (unpaired) electrons. The Balaban J connectivity index is 1.82. The van der Waals surface area contributed by atoms with Gasteiger partial charge in [0.1, 0.15) is 17.0 Å². The third-order valence-corrected chi connectivity index (χ3v) is 7.00. The molecule has 1 aromatic carbocycles. The van der Waals surface area contributed by atoms with Gasteiger partial charge in [0.25, 0.3) is 15.9 Å². The predicted molar refractivity (Wildman–Crippen MR) is 102 cm³/mol. The first-order chi connectivity index (χ1) is 12.6. The molecule has 1 N–H and O–H groups in total. The van der Waals surface area contributed by atoms with Crippen LogP contribution in [0.3, 0.4) is 0 Å². The quantitative estimate of drug-likeness (QED) is 0.862. The lowest BCUT2D eigenvalue weighted by molar-refractivity contribution is -0.129. The molecule has 0 unspecified atom stereocenters. The molecule has 1 aliphatic carbocycles. The van der Waals surface area contributed by atoms with Crippen molar-refractivity contribution in [2.45, 2.75) is 51.0 Å². The lowest BCUT2D eigenvalue weighted by atomic mass is 9.82. The number of carbonyl (C=O) groups is 1. The van der Waals surface area contributed by atoms with Crippen LogP contribution in [-0.4, -0.2) is 42.6 Å². The molecular formula is C20H24N2O4S. The van der Waals surface area contributed by atoms with E-state index in [1.807, 2.05) is 20.8 Å². The van der Waals surface area contributed by atoms with E-state index < -0.39 is 16.1 Å². The van der Waals surface area contributed by atoms with Crippen molar-refractivity contribution < 1.29 is 18.3 Å². The Labute approximate surface area is 159 Å². The van der Waals surface area contributed by atoms with Crippen LogP contribution in [-0.2, 0) is 14.8 Å². The summed E-state index contributed by atoms with van der Waals surface area (Å²) in [4.78, 5) is 15.1. The maximum absolute atomic E-state index is 13.3. The van der Waals surface area contributed by atoms with E-state index >= 15 is 0 Å². The van der Waals surface area contributed by atoms with Crippen LogP contribution in [0.1, 0.15) is 45.6 Å². The lowest BCUT2D eigenvalue weighted by Crippen LogP contribution is -2.47. The third-order valence-electron chi connectivity index (χ3n) is 5.67. The van der Waals surface area contributed by atoms with Crippen LogP contribution >= 0.6 is 0 Å². The molecule has 0 saturated heterocycles. The molecule has 2 aliphatic heterocycles. The Bertz CT molecular complexity index is 981. The maximum atomic E-state index is 13.3. The minimum absolute atomic E-state index is 0.0303. The van der Waals surface area contributed by atoms with Crippen LogP contribution in [0.2, 0.25) is 0 Å². The van der Waals surface area contributed by atoms with Gasteiger partial charge in [0.05, 0.1) is 10.9 Å². The van der Waals surface area contributed by atoms with Crippen molar-refractivity contribution in [2.24, 2.45) is 15.7 Å². The summed E-state index contributed by atoms with van der Waals surface area (Å²) < 4.78 is 28.7. The van der Waals surface area contributed by atoms with E-state index in [0.717, 1.165) is 19.3 Å². The zero-order valence-electron chi connectivity index (χ0n) is 15.8. The molecule has 1 amide bonds. The van der Waals surface area contributed by atoms with Crippen LogP contribution in [0.4, 0.5) is 0 Å². The summed E-state index contributed by atoms with van der Waals surface area (Å²) in [5.74, 6) is 0.0370. The number of sulfonamides is 1. The fraction of sp³-hybridized carbons (Fsp3) is 0.500. The summed E-state index contributed by atoms with van der Waals surface area (Å²) in [6.07, 6.45) is 3.32. The van der Waals surface area contributed by atoms with Gasteiger partial charge in [-0.1, -0.05) is 45.4 Å². The van der Waals surface area contributed by atoms with Crippen molar-refractivity contribution in [1.82, 2.24) is 4.90 Å². The molecule has 27 heavy (non-hydrogen) atoms. The van der Waals surface area contributed by atoms with E-state index in [9.17, 15) is 18.3 Å². The van der Waals surface area contributed by atoms with Crippen molar-refractivity contribution in [3.63, 3.8) is 0 Å². The second-order valence-electron chi connectivity index (χ2n) is 8.69. The number of aliphatic hydroxyl groups is 1. The van der Waals surface area contributed by atoms with Crippen LogP contribution in [0.25, 0.3) is 0 Å². The van der Waals surface area contributed by atoms with E-state index in [1.165, 1.54) is 6.07 Å². The Kier molecular flexibility index (Phi) is 4.00. The molecule has 0 spiro atoms. The number of fused-ring (bicyclic) bond motifs is 1. The highest BCUT2D eigenvalue weighted by molar-refractivity contribution is 7.90. The van der Waals surface area contributed by atoms with E-state index in [2.05, 4.69) is 4.40 Å². The summed E-state index contributed by atoms with van der Waals surface area (Å²) in [5, 5.41) is 11.0.